The highest BCUT2D eigenvalue weighted by atomic mass is 16.5. The lowest BCUT2D eigenvalue weighted by atomic mass is 9.73. The van der Waals surface area contributed by atoms with Gasteiger partial charge in [0.15, 0.2) is 6.61 Å². The SMILES string of the molecule is CCCOC(=O)c1ccc(NC(=O)COC(=O)c2cccc(N3C(=O)[C@@H]4[C@@H]5C[C@@H]([C@H]4C3=O)[C@H](c3ccccc3)C5)c2)cc1. The van der Waals surface area contributed by atoms with Crippen molar-refractivity contribution in [1.82, 2.24) is 0 Å². The molecule has 0 spiro atoms. The highest BCUT2D eigenvalue weighted by molar-refractivity contribution is 6.23. The molecule has 3 amide bonds. The van der Waals surface area contributed by atoms with E-state index in [-0.39, 0.29) is 47.0 Å². The minimum Gasteiger partial charge on any atom is -0.462 e. The van der Waals surface area contributed by atoms with E-state index in [9.17, 15) is 24.0 Å². The summed E-state index contributed by atoms with van der Waals surface area (Å²) in [6.07, 6.45) is 2.49. The van der Waals surface area contributed by atoms with Crippen molar-refractivity contribution in [3.63, 3.8) is 0 Å². The van der Waals surface area contributed by atoms with Crippen LogP contribution >= 0.6 is 0 Å². The van der Waals surface area contributed by atoms with E-state index in [0.29, 0.717) is 23.5 Å². The van der Waals surface area contributed by atoms with E-state index in [2.05, 4.69) is 17.4 Å². The minimum absolute atomic E-state index is 0.122. The van der Waals surface area contributed by atoms with Gasteiger partial charge in [-0.2, -0.15) is 0 Å². The molecule has 0 radical (unpaired) electrons. The average Bonchev–Trinajstić information content (AvgIpc) is 3.70. The van der Waals surface area contributed by atoms with Gasteiger partial charge in [0.25, 0.3) is 5.91 Å². The zero-order chi connectivity index (χ0) is 30.1. The van der Waals surface area contributed by atoms with Gasteiger partial charge in [-0.05, 0) is 85.0 Å². The smallest absolute Gasteiger partial charge is 0.338 e. The van der Waals surface area contributed by atoms with Gasteiger partial charge in [-0.1, -0.05) is 43.3 Å². The molecule has 9 heteroatoms. The highest BCUT2D eigenvalue weighted by Crippen LogP contribution is 2.61. The third-order valence-electron chi connectivity index (χ3n) is 8.76. The van der Waals surface area contributed by atoms with Crippen LogP contribution in [0.5, 0.6) is 0 Å². The zero-order valence-corrected chi connectivity index (χ0v) is 23.7. The molecule has 2 bridgehead atoms. The summed E-state index contributed by atoms with van der Waals surface area (Å²) in [5.41, 5.74) is 2.46. The maximum absolute atomic E-state index is 13.6. The third kappa shape index (κ3) is 5.43. The number of carbonyl (C=O) groups is 5. The molecular formula is C34H32N2O7. The van der Waals surface area contributed by atoms with Gasteiger partial charge >= 0.3 is 11.9 Å². The molecule has 0 unspecified atom stereocenters. The number of hydrogen-bond acceptors (Lipinski definition) is 7. The summed E-state index contributed by atoms with van der Waals surface area (Å²) in [5.74, 6) is -2.31. The molecule has 0 aromatic heterocycles. The predicted octanol–water partition coefficient (Wildman–Crippen LogP) is 4.98. The van der Waals surface area contributed by atoms with Crippen LogP contribution in [0.4, 0.5) is 11.4 Å². The molecule has 2 aliphatic carbocycles. The van der Waals surface area contributed by atoms with Crippen molar-refractivity contribution in [2.45, 2.75) is 32.1 Å². The van der Waals surface area contributed by atoms with Crippen LogP contribution in [-0.4, -0.2) is 42.9 Å². The minimum atomic E-state index is -0.755. The molecule has 6 rings (SSSR count). The van der Waals surface area contributed by atoms with Gasteiger partial charge in [0.1, 0.15) is 0 Å². The fourth-order valence-corrected chi connectivity index (χ4v) is 6.95. The third-order valence-corrected chi connectivity index (χ3v) is 8.76. The molecule has 3 aliphatic rings. The van der Waals surface area contributed by atoms with Gasteiger partial charge in [0.2, 0.25) is 11.8 Å². The monoisotopic (exact) mass is 580 g/mol. The normalized spacial score (nSPS) is 23.7. The van der Waals surface area contributed by atoms with E-state index < -0.39 is 24.5 Å². The van der Waals surface area contributed by atoms with Crippen molar-refractivity contribution < 1.29 is 33.4 Å². The fraction of sp³-hybridized carbons (Fsp3) is 0.324. The number of esters is 2. The first-order valence-corrected chi connectivity index (χ1v) is 14.6. The molecule has 9 nitrogen and oxygen atoms in total. The zero-order valence-electron chi connectivity index (χ0n) is 23.7. The van der Waals surface area contributed by atoms with Gasteiger partial charge in [-0.25, -0.2) is 9.59 Å². The van der Waals surface area contributed by atoms with Crippen LogP contribution in [0, 0.1) is 23.7 Å². The Hall–Kier alpha value is -4.79. The van der Waals surface area contributed by atoms with Crippen LogP contribution in [0.1, 0.15) is 58.4 Å². The molecule has 1 heterocycles. The van der Waals surface area contributed by atoms with E-state index in [1.165, 1.54) is 34.7 Å². The number of nitrogens with one attached hydrogen (secondary N) is 1. The maximum Gasteiger partial charge on any atom is 0.338 e. The quantitative estimate of drug-likeness (QED) is 0.280. The number of anilines is 2. The van der Waals surface area contributed by atoms with Gasteiger partial charge in [-0.3, -0.25) is 19.3 Å². The fourth-order valence-electron chi connectivity index (χ4n) is 6.95. The molecule has 3 fully saturated rings. The number of nitrogens with zero attached hydrogens (tertiary/aromatic N) is 1. The number of rotatable bonds is 9. The number of amides is 3. The molecule has 1 N–H and O–H groups in total. The van der Waals surface area contributed by atoms with Crippen molar-refractivity contribution in [2.24, 2.45) is 23.7 Å². The second-order valence-electron chi connectivity index (χ2n) is 11.4. The summed E-state index contributed by atoms with van der Waals surface area (Å²) >= 11 is 0. The summed E-state index contributed by atoms with van der Waals surface area (Å²) in [6, 6.07) is 22.6. The summed E-state index contributed by atoms with van der Waals surface area (Å²) in [7, 11) is 0. The van der Waals surface area contributed by atoms with Crippen LogP contribution in [0.15, 0.2) is 78.9 Å². The predicted molar refractivity (Wildman–Crippen MR) is 157 cm³/mol. The summed E-state index contributed by atoms with van der Waals surface area (Å²) in [5, 5.41) is 2.61. The maximum atomic E-state index is 13.6. The molecule has 2 saturated carbocycles. The largest absolute Gasteiger partial charge is 0.462 e. The Morgan fingerprint density at radius 1 is 0.814 bits per heavy atom. The van der Waals surface area contributed by atoms with E-state index in [1.807, 2.05) is 25.1 Å². The molecule has 5 atom stereocenters. The Labute approximate surface area is 249 Å². The van der Waals surface area contributed by atoms with Gasteiger partial charge in [0, 0.05) is 5.69 Å². The van der Waals surface area contributed by atoms with Crippen molar-refractivity contribution in [1.29, 1.82) is 0 Å². The lowest BCUT2D eigenvalue weighted by Crippen LogP contribution is -2.33. The Kier molecular flexibility index (Phi) is 7.80. The molecular weight excluding hydrogens is 548 g/mol. The number of imide groups is 1. The first-order chi connectivity index (χ1) is 20.9. The van der Waals surface area contributed by atoms with E-state index in [0.717, 1.165) is 19.3 Å². The standard InChI is InChI=1S/C34H32N2O7/c1-2-15-42-33(40)21-11-13-24(14-12-21)35-28(37)19-43-34(41)22-9-6-10-25(16-22)36-31(38)29-23-17-26(20-7-4-3-5-8-20)27(18-23)30(29)32(36)39/h3-14,16,23,26-27,29-30H,2,15,17-19H2,1H3,(H,35,37)/t23-,26-,27+,29+,30+/m0/s1. The van der Waals surface area contributed by atoms with E-state index in [1.54, 1.807) is 24.3 Å². The molecule has 1 aliphatic heterocycles. The van der Waals surface area contributed by atoms with Crippen LogP contribution in [0.2, 0.25) is 0 Å². The number of benzene rings is 3. The van der Waals surface area contributed by atoms with Crippen LogP contribution in [0.3, 0.4) is 0 Å². The van der Waals surface area contributed by atoms with Gasteiger partial charge in [-0.15, -0.1) is 0 Å². The number of hydrogen-bond donors (Lipinski definition) is 1. The topological polar surface area (TPSA) is 119 Å². The molecule has 1 saturated heterocycles. The van der Waals surface area contributed by atoms with Crippen molar-refractivity contribution in [3.05, 3.63) is 95.6 Å². The summed E-state index contributed by atoms with van der Waals surface area (Å²) in [4.78, 5) is 65.5. The Bertz CT molecular complexity index is 1570. The van der Waals surface area contributed by atoms with E-state index in [4.69, 9.17) is 9.47 Å². The van der Waals surface area contributed by atoms with E-state index >= 15 is 0 Å². The van der Waals surface area contributed by atoms with Crippen LogP contribution in [-0.2, 0) is 23.9 Å². The lowest BCUT2D eigenvalue weighted by Gasteiger charge is -2.28. The number of fused-ring (bicyclic) bond motifs is 5. The summed E-state index contributed by atoms with van der Waals surface area (Å²) < 4.78 is 10.3. The first kappa shape index (κ1) is 28.3. The van der Waals surface area contributed by atoms with Crippen molar-refractivity contribution in [3.8, 4) is 0 Å². The lowest BCUT2D eigenvalue weighted by molar-refractivity contribution is -0.123. The highest BCUT2D eigenvalue weighted by Gasteiger charge is 2.64. The Morgan fingerprint density at radius 3 is 2.28 bits per heavy atom. The van der Waals surface area contributed by atoms with Crippen molar-refractivity contribution >= 4 is 41.0 Å². The van der Waals surface area contributed by atoms with Gasteiger partial charge in [0.05, 0.1) is 35.3 Å². The summed E-state index contributed by atoms with van der Waals surface area (Å²) in [6.45, 7) is 1.69. The number of carbonyl (C=O) groups excluding carboxylic acids is 5. The number of ether oxygens (including phenoxy) is 2. The van der Waals surface area contributed by atoms with Crippen LogP contribution in [0.25, 0.3) is 0 Å². The molecule has 3 aromatic carbocycles. The van der Waals surface area contributed by atoms with Gasteiger partial charge < -0.3 is 14.8 Å². The molecule has 43 heavy (non-hydrogen) atoms. The molecule has 3 aromatic rings. The second kappa shape index (κ2) is 11.8. The first-order valence-electron chi connectivity index (χ1n) is 14.6. The second-order valence-corrected chi connectivity index (χ2v) is 11.4. The Morgan fingerprint density at radius 2 is 1.53 bits per heavy atom. The van der Waals surface area contributed by atoms with Crippen molar-refractivity contribution in [2.75, 3.05) is 23.4 Å². The average molecular weight is 581 g/mol. The van der Waals surface area contributed by atoms with Crippen LogP contribution < -0.4 is 10.2 Å². The Balaban J connectivity index is 1.07. The molecule has 220 valence electrons.